The number of hydrogen-bond acceptors (Lipinski definition) is 4. The van der Waals surface area contributed by atoms with Gasteiger partial charge in [-0.1, -0.05) is 11.6 Å². The molecular weight excluding hydrogens is 352 g/mol. The molecule has 132 valence electrons. The van der Waals surface area contributed by atoms with E-state index < -0.39 is 10.0 Å². The largest absolute Gasteiger partial charge is 0.484 e. The fourth-order valence-corrected chi connectivity index (χ4v) is 5.33. The van der Waals surface area contributed by atoms with Crippen LogP contribution >= 0.6 is 11.6 Å². The summed E-state index contributed by atoms with van der Waals surface area (Å²) in [5.74, 6) is 0.392. The maximum absolute atomic E-state index is 12.1. The Morgan fingerprint density at radius 2 is 1.83 bits per heavy atom. The third-order valence-electron chi connectivity index (χ3n) is 4.60. The Morgan fingerprint density at radius 3 is 2.38 bits per heavy atom. The number of sulfonamides is 1. The van der Waals surface area contributed by atoms with E-state index in [1.54, 1.807) is 28.6 Å². The summed E-state index contributed by atoms with van der Waals surface area (Å²) >= 11 is 5.80. The number of rotatable bonds is 5. The van der Waals surface area contributed by atoms with Crippen LogP contribution in [0.15, 0.2) is 24.3 Å². The quantitative estimate of drug-likeness (QED) is 0.855. The van der Waals surface area contributed by atoms with Crippen LogP contribution in [0.4, 0.5) is 0 Å². The van der Waals surface area contributed by atoms with Gasteiger partial charge in [-0.3, -0.25) is 4.79 Å². The van der Waals surface area contributed by atoms with Crippen LogP contribution in [0.2, 0.25) is 5.02 Å². The summed E-state index contributed by atoms with van der Waals surface area (Å²) in [5, 5.41) is 3.57. The number of fused-ring (bicyclic) bond motifs is 2. The number of nitrogens with zero attached hydrogens (tertiary/aromatic N) is 1. The molecule has 6 nitrogen and oxygen atoms in total. The van der Waals surface area contributed by atoms with Gasteiger partial charge in [-0.25, -0.2) is 8.42 Å². The number of hydrogen-bond donors (Lipinski definition) is 1. The van der Waals surface area contributed by atoms with E-state index in [1.165, 1.54) is 6.26 Å². The molecule has 2 heterocycles. The first-order chi connectivity index (χ1) is 11.3. The normalized spacial score (nSPS) is 27.0. The molecule has 1 amide bonds. The third-order valence-corrected chi connectivity index (χ3v) is 6.21. The molecule has 2 saturated heterocycles. The minimum absolute atomic E-state index is 0.00114. The predicted octanol–water partition coefficient (Wildman–Crippen LogP) is 1.79. The minimum atomic E-state index is -3.18. The van der Waals surface area contributed by atoms with Crippen molar-refractivity contribution in [3.8, 4) is 5.75 Å². The highest BCUT2D eigenvalue weighted by Crippen LogP contribution is 2.37. The van der Waals surface area contributed by atoms with E-state index in [0.29, 0.717) is 23.6 Å². The summed E-state index contributed by atoms with van der Waals surface area (Å²) in [7, 11) is -3.18. The molecule has 2 fully saturated rings. The van der Waals surface area contributed by atoms with E-state index >= 15 is 0 Å². The molecule has 24 heavy (non-hydrogen) atoms. The number of amides is 1. The summed E-state index contributed by atoms with van der Waals surface area (Å²) in [6.07, 6.45) is 4.32. The number of nitrogens with one attached hydrogen (secondary N) is 1. The highest BCUT2D eigenvalue weighted by molar-refractivity contribution is 7.88. The lowest BCUT2D eigenvalue weighted by molar-refractivity contribution is -0.124. The molecule has 1 N–H and O–H groups in total. The van der Waals surface area contributed by atoms with E-state index in [1.807, 2.05) is 0 Å². The van der Waals surface area contributed by atoms with Crippen LogP contribution < -0.4 is 10.1 Å². The summed E-state index contributed by atoms with van der Waals surface area (Å²) in [5.41, 5.74) is 0. The van der Waals surface area contributed by atoms with Gasteiger partial charge in [0.05, 0.1) is 6.26 Å². The third kappa shape index (κ3) is 4.02. The summed E-state index contributed by atoms with van der Waals surface area (Å²) in [4.78, 5) is 12.1. The lowest BCUT2D eigenvalue weighted by Crippen LogP contribution is -2.52. The molecule has 2 unspecified atom stereocenters. The maximum Gasteiger partial charge on any atom is 0.258 e. The molecule has 8 heteroatoms. The number of ether oxygens (including phenoxy) is 1. The molecule has 0 spiro atoms. The SMILES string of the molecule is CS(=O)(=O)N1C2CCC1CC(NC(=O)COc1ccc(Cl)cc1)C2. The molecule has 0 aromatic heterocycles. The smallest absolute Gasteiger partial charge is 0.258 e. The average Bonchev–Trinajstić information content (AvgIpc) is 2.79. The Balaban J connectivity index is 1.51. The van der Waals surface area contributed by atoms with Gasteiger partial charge < -0.3 is 10.1 Å². The van der Waals surface area contributed by atoms with E-state index in [9.17, 15) is 13.2 Å². The fourth-order valence-electron chi connectivity index (χ4n) is 3.74. The topological polar surface area (TPSA) is 75.7 Å². The van der Waals surface area contributed by atoms with Gasteiger partial charge in [-0.15, -0.1) is 0 Å². The molecule has 2 aliphatic rings. The summed E-state index contributed by atoms with van der Waals surface area (Å²) in [6.45, 7) is -0.0662. The van der Waals surface area contributed by atoms with Crippen LogP contribution in [-0.4, -0.2) is 49.6 Å². The van der Waals surface area contributed by atoms with Crippen molar-refractivity contribution in [1.29, 1.82) is 0 Å². The molecule has 1 aromatic rings. The van der Waals surface area contributed by atoms with E-state index in [2.05, 4.69) is 5.32 Å². The molecular formula is C16H21ClN2O4S. The standard InChI is InChI=1S/C16H21ClN2O4S/c1-24(21,22)19-13-4-5-14(19)9-12(8-13)18-16(20)10-23-15-6-2-11(17)3-7-15/h2-3,6-7,12-14H,4-5,8-10H2,1H3,(H,18,20). The first kappa shape index (κ1) is 17.5. The van der Waals surface area contributed by atoms with Crippen molar-refractivity contribution in [2.75, 3.05) is 12.9 Å². The Kier molecular flexibility index (Phi) is 5.03. The van der Waals surface area contributed by atoms with E-state index in [-0.39, 0.29) is 30.6 Å². The van der Waals surface area contributed by atoms with Crippen LogP contribution in [-0.2, 0) is 14.8 Å². The average molecular weight is 373 g/mol. The maximum atomic E-state index is 12.1. The molecule has 3 rings (SSSR count). The Labute approximate surface area is 147 Å². The van der Waals surface area contributed by atoms with Gasteiger partial charge in [0.1, 0.15) is 5.75 Å². The zero-order valence-corrected chi connectivity index (χ0v) is 15.0. The Bertz CT molecular complexity index is 693. The van der Waals surface area contributed by atoms with E-state index in [4.69, 9.17) is 16.3 Å². The van der Waals surface area contributed by atoms with Crippen LogP contribution in [0.5, 0.6) is 5.75 Å². The molecule has 2 atom stereocenters. The van der Waals surface area contributed by atoms with Gasteiger partial charge in [-0.2, -0.15) is 4.31 Å². The monoisotopic (exact) mass is 372 g/mol. The lowest BCUT2D eigenvalue weighted by Gasteiger charge is -2.37. The summed E-state index contributed by atoms with van der Waals surface area (Å²) < 4.78 is 30.8. The van der Waals surface area contributed by atoms with Gasteiger partial charge >= 0.3 is 0 Å². The minimum Gasteiger partial charge on any atom is -0.484 e. The number of carbonyl (C=O) groups is 1. The molecule has 0 aliphatic carbocycles. The Hall–Kier alpha value is -1.31. The number of halogens is 1. The number of piperidine rings is 1. The van der Waals surface area contributed by atoms with Gasteiger partial charge in [-0.05, 0) is 49.9 Å². The molecule has 0 radical (unpaired) electrons. The van der Waals surface area contributed by atoms with Crippen LogP contribution in [0.1, 0.15) is 25.7 Å². The van der Waals surface area contributed by atoms with Crippen molar-refractivity contribution in [2.45, 2.75) is 43.8 Å². The van der Waals surface area contributed by atoms with Crippen molar-refractivity contribution in [2.24, 2.45) is 0 Å². The molecule has 2 bridgehead atoms. The molecule has 1 aromatic carbocycles. The molecule has 0 saturated carbocycles. The second-order valence-corrected chi connectivity index (χ2v) is 8.78. The van der Waals surface area contributed by atoms with Gasteiger partial charge in [0.25, 0.3) is 5.91 Å². The predicted molar refractivity (Wildman–Crippen MR) is 91.6 cm³/mol. The lowest BCUT2D eigenvalue weighted by atomic mass is 10.00. The first-order valence-corrected chi connectivity index (χ1v) is 10.2. The van der Waals surface area contributed by atoms with Gasteiger partial charge in [0.15, 0.2) is 6.61 Å². The zero-order chi connectivity index (χ0) is 17.3. The first-order valence-electron chi connectivity index (χ1n) is 7.99. The van der Waals surface area contributed by atoms with E-state index in [0.717, 1.165) is 12.8 Å². The second kappa shape index (κ2) is 6.90. The van der Waals surface area contributed by atoms with Gasteiger partial charge in [0, 0.05) is 23.1 Å². The number of carbonyl (C=O) groups excluding carboxylic acids is 1. The fraction of sp³-hybridized carbons (Fsp3) is 0.562. The highest BCUT2D eigenvalue weighted by Gasteiger charge is 2.45. The van der Waals surface area contributed by atoms with Crippen molar-refractivity contribution in [3.05, 3.63) is 29.3 Å². The van der Waals surface area contributed by atoms with Crippen molar-refractivity contribution in [1.82, 2.24) is 9.62 Å². The Morgan fingerprint density at radius 1 is 1.25 bits per heavy atom. The van der Waals surface area contributed by atoms with Crippen LogP contribution in [0, 0.1) is 0 Å². The zero-order valence-electron chi connectivity index (χ0n) is 13.4. The molecule has 2 aliphatic heterocycles. The number of benzene rings is 1. The van der Waals surface area contributed by atoms with Crippen LogP contribution in [0.3, 0.4) is 0 Å². The van der Waals surface area contributed by atoms with Crippen molar-refractivity contribution >= 4 is 27.5 Å². The van der Waals surface area contributed by atoms with Gasteiger partial charge in [0.2, 0.25) is 10.0 Å². The van der Waals surface area contributed by atoms with Crippen molar-refractivity contribution in [3.63, 3.8) is 0 Å². The highest BCUT2D eigenvalue weighted by atomic mass is 35.5. The second-order valence-electron chi connectivity index (χ2n) is 6.46. The summed E-state index contributed by atoms with van der Waals surface area (Å²) in [6, 6.07) is 6.83. The van der Waals surface area contributed by atoms with Crippen molar-refractivity contribution < 1.29 is 17.9 Å². The van der Waals surface area contributed by atoms with Crippen LogP contribution in [0.25, 0.3) is 0 Å².